The van der Waals surface area contributed by atoms with Crippen LogP contribution in [0.25, 0.3) is 0 Å². The number of hydrogen-bond acceptors (Lipinski definition) is 3. The average Bonchev–Trinajstić information content (AvgIpc) is 2.46. The summed E-state index contributed by atoms with van der Waals surface area (Å²) in [4.78, 5) is 15.4. The van der Waals surface area contributed by atoms with Crippen molar-refractivity contribution in [3.63, 3.8) is 0 Å². The largest absolute Gasteiger partial charge is 0.434 e. The van der Waals surface area contributed by atoms with Crippen molar-refractivity contribution >= 4 is 17.5 Å². The van der Waals surface area contributed by atoms with Gasteiger partial charge in [-0.15, -0.1) is 0 Å². The fraction of sp³-hybridized carbons (Fsp3) is 0.571. The van der Waals surface area contributed by atoms with Crippen molar-refractivity contribution in [2.24, 2.45) is 5.92 Å². The molecule has 1 saturated carbocycles. The predicted molar refractivity (Wildman–Crippen MR) is 74.5 cm³/mol. The van der Waals surface area contributed by atoms with E-state index in [1.807, 2.05) is 0 Å². The van der Waals surface area contributed by atoms with Crippen LogP contribution >= 0.6 is 11.6 Å². The minimum Gasteiger partial charge on any atom is -0.396 e. The Morgan fingerprint density at radius 3 is 2.55 bits per heavy atom. The van der Waals surface area contributed by atoms with Gasteiger partial charge >= 0.3 is 6.18 Å². The second kappa shape index (κ2) is 6.83. The molecule has 122 valence electrons. The normalized spacial score (nSPS) is 22.4. The minimum absolute atomic E-state index is 0.0258. The molecule has 0 atom stereocenters. The number of nitrogens with zero attached hydrogens (tertiary/aromatic N) is 1. The zero-order chi connectivity index (χ0) is 16.3. The lowest BCUT2D eigenvalue weighted by molar-refractivity contribution is -0.141. The lowest BCUT2D eigenvalue weighted by Gasteiger charge is -2.28. The van der Waals surface area contributed by atoms with E-state index in [4.69, 9.17) is 16.7 Å². The van der Waals surface area contributed by atoms with Crippen molar-refractivity contribution in [1.29, 1.82) is 0 Å². The van der Waals surface area contributed by atoms with Gasteiger partial charge in [0.15, 0.2) is 5.69 Å². The highest BCUT2D eigenvalue weighted by molar-refractivity contribution is 6.30. The standard InChI is InChI=1S/C14H16ClF3N2O2/c15-9-5-11(12(19-6-9)14(16,17)18)13(22)20-10-3-1-8(7-21)2-4-10/h5-6,8,10,21H,1-4,7H2,(H,20,22). The topological polar surface area (TPSA) is 62.2 Å². The van der Waals surface area contributed by atoms with E-state index in [1.54, 1.807) is 0 Å². The van der Waals surface area contributed by atoms with Crippen LogP contribution in [-0.4, -0.2) is 28.6 Å². The molecule has 1 aromatic heterocycles. The summed E-state index contributed by atoms with van der Waals surface area (Å²) in [5, 5.41) is 11.6. The van der Waals surface area contributed by atoms with Crippen LogP contribution < -0.4 is 5.32 Å². The van der Waals surface area contributed by atoms with E-state index < -0.39 is 23.3 Å². The van der Waals surface area contributed by atoms with Gasteiger partial charge in [-0.1, -0.05) is 11.6 Å². The Balaban J connectivity index is 2.11. The molecule has 0 unspecified atom stereocenters. The van der Waals surface area contributed by atoms with E-state index in [9.17, 15) is 18.0 Å². The molecular formula is C14H16ClF3N2O2. The van der Waals surface area contributed by atoms with Crippen LogP contribution in [0.4, 0.5) is 13.2 Å². The molecule has 1 aromatic rings. The highest BCUT2D eigenvalue weighted by Gasteiger charge is 2.37. The highest BCUT2D eigenvalue weighted by atomic mass is 35.5. The van der Waals surface area contributed by atoms with Gasteiger partial charge in [0.1, 0.15) is 0 Å². The monoisotopic (exact) mass is 336 g/mol. The van der Waals surface area contributed by atoms with Crippen molar-refractivity contribution in [3.05, 3.63) is 28.5 Å². The molecule has 1 heterocycles. The molecule has 0 radical (unpaired) electrons. The third kappa shape index (κ3) is 4.10. The average molecular weight is 337 g/mol. The molecule has 1 aliphatic rings. The van der Waals surface area contributed by atoms with Gasteiger partial charge < -0.3 is 10.4 Å². The van der Waals surface area contributed by atoms with Gasteiger partial charge in [0, 0.05) is 18.8 Å². The Labute approximate surface area is 130 Å². The number of aromatic nitrogens is 1. The third-order valence-electron chi connectivity index (χ3n) is 3.81. The number of aliphatic hydroxyl groups is 1. The van der Waals surface area contributed by atoms with Gasteiger partial charge in [0.25, 0.3) is 5.91 Å². The summed E-state index contributed by atoms with van der Waals surface area (Å²) in [6.45, 7) is 0.0943. The van der Waals surface area contributed by atoms with Crippen LogP contribution in [-0.2, 0) is 6.18 Å². The zero-order valence-electron chi connectivity index (χ0n) is 11.7. The molecule has 2 N–H and O–H groups in total. The zero-order valence-corrected chi connectivity index (χ0v) is 12.4. The second-order valence-corrected chi connectivity index (χ2v) is 5.86. The Hall–Kier alpha value is -1.34. The number of halogens is 4. The molecule has 0 saturated heterocycles. The fourth-order valence-corrected chi connectivity index (χ4v) is 2.75. The number of carbonyl (C=O) groups is 1. The maximum Gasteiger partial charge on any atom is 0.434 e. The third-order valence-corrected chi connectivity index (χ3v) is 4.01. The summed E-state index contributed by atoms with van der Waals surface area (Å²) in [6, 6.07) is 0.780. The van der Waals surface area contributed by atoms with Crippen LogP contribution in [0.3, 0.4) is 0 Å². The van der Waals surface area contributed by atoms with Crippen molar-refractivity contribution in [2.45, 2.75) is 37.9 Å². The molecule has 8 heteroatoms. The molecule has 4 nitrogen and oxygen atoms in total. The summed E-state index contributed by atoms with van der Waals surface area (Å²) in [5.74, 6) is -0.624. The summed E-state index contributed by atoms with van der Waals surface area (Å²) in [7, 11) is 0. The number of nitrogens with one attached hydrogen (secondary N) is 1. The first-order valence-electron chi connectivity index (χ1n) is 6.95. The molecular weight excluding hydrogens is 321 g/mol. The Morgan fingerprint density at radius 1 is 1.36 bits per heavy atom. The van der Waals surface area contributed by atoms with E-state index in [0.29, 0.717) is 12.8 Å². The second-order valence-electron chi connectivity index (χ2n) is 5.42. The SMILES string of the molecule is O=C(NC1CCC(CO)CC1)c1cc(Cl)cnc1C(F)(F)F. The summed E-state index contributed by atoms with van der Waals surface area (Å²) in [5.41, 5.74) is -1.80. The summed E-state index contributed by atoms with van der Waals surface area (Å²) < 4.78 is 38.7. The van der Waals surface area contributed by atoms with E-state index in [-0.39, 0.29) is 23.6 Å². The van der Waals surface area contributed by atoms with Gasteiger partial charge in [0.05, 0.1) is 10.6 Å². The van der Waals surface area contributed by atoms with Gasteiger partial charge in [-0.25, -0.2) is 4.98 Å². The fourth-order valence-electron chi connectivity index (χ4n) is 2.59. The smallest absolute Gasteiger partial charge is 0.396 e. The first kappa shape index (κ1) is 17.0. The Kier molecular flexibility index (Phi) is 5.28. The van der Waals surface area contributed by atoms with Gasteiger partial charge in [-0.2, -0.15) is 13.2 Å². The molecule has 0 bridgehead atoms. The molecule has 0 spiro atoms. The van der Waals surface area contributed by atoms with Crippen LogP contribution in [0, 0.1) is 5.92 Å². The van der Waals surface area contributed by atoms with Gasteiger partial charge in [0.2, 0.25) is 0 Å². The van der Waals surface area contributed by atoms with Crippen molar-refractivity contribution in [2.75, 3.05) is 6.61 Å². The number of hydrogen-bond donors (Lipinski definition) is 2. The lowest BCUT2D eigenvalue weighted by Crippen LogP contribution is -2.39. The van der Waals surface area contributed by atoms with Crippen molar-refractivity contribution in [3.8, 4) is 0 Å². The Bertz CT molecular complexity index is 543. The molecule has 1 aliphatic carbocycles. The predicted octanol–water partition coefficient (Wildman–Crippen LogP) is 3.03. The number of rotatable bonds is 3. The lowest BCUT2D eigenvalue weighted by atomic mass is 9.86. The molecule has 0 aromatic carbocycles. The molecule has 1 fully saturated rings. The first-order chi connectivity index (χ1) is 10.3. The maximum atomic E-state index is 12.9. The van der Waals surface area contributed by atoms with E-state index in [0.717, 1.165) is 25.1 Å². The number of pyridine rings is 1. The van der Waals surface area contributed by atoms with E-state index in [2.05, 4.69) is 10.3 Å². The van der Waals surface area contributed by atoms with Gasteiger partial charge in [-0.3, -0.25) is 4.79 Å². The molecule has 2 rings (SSSR count). The first-order valence-corrected chi connectivity index (χ1v) is 7.33. The number of carbonyl (C=O) groups excluding carboxylic acids is 1. The van der Waals surface area contributed by atoms with Crippen molar-refractivity contribution < 1.29 is 23.1 Å². The van der Waals surface area contributed by atoms with E-state index >= 15 is 0 Å². The number of amides is 1. The van der Waals surface area contributed by atoms with Crippen LogP contribution in [0.15, 0.2) is 12.3 Å². The van der Waals surface area contributed by atoms with Crippen LogP contribution in [0.1, 0.15) is 41.7 Å². The van der Waals surface area contributed by atoms with Crippen LogP contribution in [0.5, 0.6) is 0 Å². The molecule has 1 amide bonds. The van der Waals surface area contributed by atoms with Crippen molar-refractivity contribution in [1.82, 2.24) is 10.3 Å². The minimum atomic E-state index is -4.72. The quantitative estimate of drug-likeness (QED) is 0.892. The molecule has 22 heavy (non-hydrogen) atoms. The summed E-state index contributed by atoms with van der Waals surface area (Å²) in [6.07, 6.45) is -1.11. The highest BCUT2D eigenvalue weighted by Crippen LogP contribution is 2.32. The molecule has 0 aliphatic heterocycles. The van der Waals surface area contributed by atoms with Gasteiger partial charge in [-0.05, 0) is 37.7 Å². The maximum absolute atomic E-state index is 12.9. The number of alkyl halides is 3. The number of aliphatic hydroxyl groups excluding tert-OH is 1. The Morgan fingerprint density at radius 2 is 2.00 bits per heavy atom. The van der Waals surface area contributed by atoms with E-state index in [1.165, 1.54) is 0 Å². The van der Waals surface area contributed by atoms with Crippen LogP contribution in [0.2, 0.25) is 5.02 Å². The summed E-state index contributed by atoms with van der Waals surface area (Å²) >= 11 is 5.65.